The van der Waals surface area contributed by atoms with Gasteiger partial charge in [-0.25, -0.2) is 0 Å². The van der Waals surface area contributed by atoms with Gasteiger partial charge < -0.3 is 5.11 Å². The second kappa shape index (κ2) is 3.76. The highest BCUT2D eigenvalue weighted by Crippen LogP contribution is 2.36. The third-order valence-corrected chi connectivity index (χ3v) is 2.95. The first-order valence-corrected chi connectivity index (χ1v) is 5.61. The van der Waals surface area contributed by atoms with E-state index in [0.29, 0.717) is 6.07 Å². The Labute approximate surface area is 92.4 Å². The summed E-state index contributed by atoms with van der Waals surface area (Å²) in [6.45, 7) is 0. The molecular weight excluding hydrogens is 294 g/mol. The summed E-state index contributed by atoms with van der Waals surface area (Å²) in [7, 11) is -4.54. The molecule has 0 aromatic heterocycles. The maximum Gasteiger partial charge on any atom is 0.313 e. The molecule has 0 heterocycles. The molecular formula is C6H4BrNO6S. The zero-order chi connectivity index (χ0) is 11.8. The Morgan fingerprint density at radius 3 is 2.33 bits per heavy atom. The van der Waals surface area contributed by atoms with Crippen LogP contribution in [0, 0.1) is 10.1 Å². The Kier molecular flexibility index (Phi) is 2.98. The summed E-state index contributed by atoms with van der Waals surface area (Å²) in [5, 5.41) is 19.6. The Balaban J connectivity index is 3.57. The molecule has 82 valence electrons. The van der Waals surface area contributed by atoms with Crippen LogP contribution in [0.2, 0.25) is 0 Å². The number of hydrogen-bond donors (Lipinski definition) is 2. The van der Waals surface area contributed by atoms with Crippen molar-refractivity contribution in [1.82, 2.24) is 0 Å². The van der Waals surface area contributed by atoms with Crippen LogP contribution in [0.3, 0.4) is 0 Å². The molecule has 0 unspecified atom stereocenters. The Morgan fingerprint density at radius 2 is 1.93 bits per heavy atom. The van der Waals surface area contributed by atoms with Gasteiger partial charge in [-0.3, -0.25) is 14.7 Å². The number of phenols is 1. The topological polar surface area (TPSA) is 118 Å². The average molecular weight is 298 g/mol. The monoisotopic (exact) mass is 297 g/mol. The van der Waals surface area contributed by atoms with E-state index < -0.39 is 31.4 Å². The molecule has 15 heavy (non-hydrogen) atoms. The van der Waals surface area contributed by atoms with Crippen LogP contribution in [0.25, 0.3) is 0 Å². The number of nitrogens with zero attached hydrogens (tertiary/aromatic N) is 1. The summed E-state index contributed by atoms with van der Waals surface area (Å²) in [5.41, 5.74) is -0.808. The number of nitro groups is 1. The number of rotatable bonds is 2. The normalized spacial score (nSPS) is 11.3. The Hall–Kier alpha value is -1.19. The summed E-state index contributed by atoms with van der Waals surface area (Å²) in [6.07, 6.45) is 0. The number of halogens is 1. The molecule has 1 aromatic carbocycles. The molecule has 0 radical (unpaired) electrons. The van der Waals surface area contributed by atoms with Gasteiger partial charge in [0.25, 0.3) is 10.1 Å². The van der Waals surface area contributed by atoms with Crippen LogP contribution < -0.4 is 0 Å². The highest BCUT2D eigenvalue weighted by atomic mass is 79.9. The molecule has 0 saturated heterocycles. The predicted molar refractivity (Wildman–Crippen MR) is 52.3 cm³/mol. The first-order chi connectivity index (χ1) is 6.73. The average Bonchev–Trinajstić information content (AvgIpc) is 2.06. The van der Waals surface area contributed by atoms with E-state index in [1.165, 1.54) is 0 Å². The van der Waals surface area contributed by atoms with E-state index in [-0.39, 0.29) is 4.47 Å². The van der Waals surface area contributed by atoms with Crippen LogP contribution in [-0.4, -0.2) is 23.0 Å². The molecule has 9 heteroatoms. The number of aromatic hydroxyl groups is 1. The molecule has 7 nitrogen and oxygen atoms in total. The lowest BCUT2D eigenvalue weighted by Crippen LogP contribution is -2.00. The molecule has 0 aliphatic rings. The molecule has 0 fully saturated rings. The molecule has 0 bridgehead atoms. The van der Waals surface area contributed by atoms with E-state index in [0.717, 1.165) is 6.07 Å². The second-order valence-corrected chi connectivity index (χ2v) is 4.78. The van der Waals surface area contributed by atoms with Gasteiger partial charge in [-0.15, -0.1) is 0 Å². The minimum atomic E-state index is -4.54. The lowest BCUT2D eigenvalue weighted by molar-refractivity contribution is -0.386. The van der Waals surface area contributed by atoms with Gasteiger partial charge in [-0.05, 0) is 22.0 Å². The van der Waals surface area contributed by atoms with Gasteiger partial charge in [0.1, 0.15) is 4.90 Å². The minimum absolute atomic E-state index is 0.190. The van der Waals surface area contributed by atoms with Gasteiger partial charge in [-0.2, -0.15) is 8.42 Å². The second-order valence-electron chi connectivity index (χ2n) is 2.51. The lowest BCUT2D eigenvalue weighted by Gasteiger charge is -2.01. The van der Waals surface area contributed by atoms with E-state index in [1.54, 1.807) is 0 Å². The zero-order valence-corrected chi connectivity index (χ0v) is 9.32. The van der Waals surface area contributed by atoms with Crippen molar-refractivity contribution in [2.45, 2.75) is 4.90 Å². The van der Waals surface area contributed by atoms with Crippen LogP contribution in [0.5, 0.6) is 5.75 Å². The Bertz CT molecular complexity index is 525. The standard InChI is InChI=1S/C6H4BrNO6S/c7-4-1-3(15(12,13)14)2-5(6(4)9)8(10)11/h1-2,9H,(H,12,13,14). The fourth-order valence-electron chi connectivity index (χ4n) is 0.848. The van der Waals surface area contributed by atoms with Crippen molar-refractivity contribution < 1.29 is 23.0 Å². The van der Waals surface area contributed by atoms with Gasteiger partial charge in [-0.1, -0.05) is 0 Å². The van der Waals surface area contributed by atoms with E-state index in [2.05, 4.69) is 15.9 Å². The summed E-state index contributed by atoms with van der Waals surface area (Å²) in [4.78, 5) is 8.77. The largest absolute Gasteiger partial charge is 0.501 e. The maximum atomic E-state index is 10.7. The molecule has 0 saturated carbocycles. The van der Waals surface area contributed by atoms with Crippen molar-refractivity contribution in [2.75, 3.05) is 0 Å². The third-order valence-electron chi connectivity index (χ3n) is 1.51. The Morgan fingerprint density at radius 1 is 1.40 bits per heavy atom. The molecule has 0 amide bonds. The van der Waals surface area contributed by atoms with E-state index in [4.69, 9.17) is 4.55 Å². The van der Waals surface area contributed by atoms with E-state index in [9.17, 15) is 23.6 Å². The summed E-state index contributed by atoms with van der Waals surface area (Å²) in [6, 6.07) is 1.42. The molecule has 2 N–H and O–H groups in total. The molecule has 1 aromatic rings. The first kappa shape index (κ1) is 11.9. The highest BCUT2D eigenvalue weighted by Gasteiger charge is 2.22. The van der Waals surface area contributed by atoms with Gasteiger partial charge in [0.05, 0.1) is 9.40 Å². The van der Waals surface area contributed by atoms with Crippen LogP contribution >= 0.6 is 15.9 Å². The summed E-state index contributed by atoms with van der Waals surface area (Å²) in [5.74, 6) is -0.701. The van der Waals surface area contributed by atoms with Crippen LogP contribution in [-0.2, 0) is 10.1 Å². The third kappa shape index (κ3) is 2.43. The van der Waals surface area contributed by atoms with Crippen LogP contribution in [0.1, 0.15) is 0 Å². The fourth-order valence-corrected chi connectivity index (χ4v) is 1.98. The predicted octanol–water partition coefficient (Wildman–Crippen LogP) is 1.31. The van der Waals surface area contributed by atoms with Crippen molar-refractivity contribution in [3.63, 3.8) is 0 Å². The van der Waals surface area contributed by atoms with Crippen LogP contribution in [0.4, 0.5) is 5.69 Å². The van der Waals surface area contributed by atoms with Crippen molar-refractivity contribution in [3.8, 4) is 5.75 Å². The van der Waals surface area contributed by atoms with Crippen LogP contribution in [0.15, 0.2) is 21.5 Å². The highest BCUT2D eigenvalue weighted by molar-refractivity contribution is 9.10. The van der Waals surface area contributed by atoms with E-state index in [1.807, 2.05) is 0 Å². The molecule has 0 spiro atoms. The first-order valence-electron chi connectivity index (χ1n) is 3.38. The van der Waals surface area contributed by atoms with E-state index >= 15 is 0 Å². The van der Waals surface area contributed by atoms with Gasteiger partial charge in [0.15, 0.2) is 0 Å². The number of phenolic OH excluding ortho intramolecular Hbond substituents is 1. The fraction of sp³-hybridized carbons (Fsp3) is 0. The van der Waals surface area contributed by atoms with Crippen molar-refractivity contribution in [1.29, 1.82) is 0 Å². The number of hydrogen-bond acceptors (Lipinski definition) is 5. The zero-order valence-electron chi connectivity index (χ0n) is 6.92. The summed E-state index contributed by atoms with van der Waals surface area (Å²) >= 11 is 2.73. The molecule has 1 rings (SSSR count). The molecule has 0 atom stereocenters. The van der Waals surface area contributed by atoms with Gasteiger partial charge >= 0.3 is 5.69 Å². The lowest BCUT2D eigenvalue weighted by atomic mass is 10.3. The maximum absolute atomic E-state index is 10.7. The summed E-state index contributed by atoms with van der Waals surface area (Å²) < 4.78 is 29.9. The van der Waals surface area contributed by atoms with Crippen molar-refractivity contribution in [3.05, 3.63) is 26.7 Å². The number of nitro benzene ring substituents is 1. The quantitative estimate of drug-likeness (QED) is 0.483. The van der Waals surface area contributed by atoms with Gasteiger partial charge in [0.2, 0.25) is 5.75 Å². The minimum Gasteiger partial charge on any atom is -0.501 e. The molecule has 0 aliphatic carbocycles. The SMILES string of the molecule is O=[N+]([O-])c1cc(S(=O)(=O)O)cc(Br)c1O. The van der Waals surface area contributed by atoms with Crippen molar-refractivity contribution >= 4 is 31.7 Å². The van der Waals surface area contributed by atoms with Crippen molar-refractivity contribution in [2.24, 2.45) is 0 Å². The molecule has 0 aliphatic heterocycles. The smallest absolute Gasteiger partial charge is 0.313 e. The number of benzene rings is 1. The van der Waals surface area contributed by atoms with Gasteiger partial charge in [0, 0.05) is 6.07 Å².